The number of carboxylic acids is 1. The summed E-state index contributed by atoms with van der Waals surface area (Å²) in [4.78, 5) is 22.1. The van der Waals surface area contributed by atoms with Gasteiger partial charge in [-0.2, -0.15) is 0 Å². The van der Waals surface area contributed by atoms with Crippen molar-refractivity contribution in [1.29, 1.82) is 0 Å². The molecule has 0 spiro atoms. The summed E-state index contributed by atoms with van der Waals surface area (Å²) in [5, 5.41) is 11.2. The van der Waals surface area contributed by atoms with Crippen LogP contribution in [0.15, 0.2) is 24.3 Å². The Morgan fingerprint density at radius 1 is 1.29 bits per heavy atom. The summed E-state index contributed by atoms with van der Waals surface area (Å²) in [6.45, 7) is 4.30. The molecule has 2 N–H and O–H groups in total. The lowest BCUT2D eigenvalue weighted by Gasteiger charge is -2.15. The zero-order valence-corrected chi connectivity index (χ0v) is 12.6. The van der Waals surface area contributed by atoms with Gasteiger partial charge in [0.25, 0.3) is 0 Å². The van der Waals surface area contributed by atoms with Crippen molar-refractivity contribution in [2.45, 2.75) is 32.6 Å². The van der Waals surface area contributed by atoms with E-state index in [-0.39, 0.29) is 25.0 Å². The van der Waals surface area contributed by atoms with Crippen LogP contribution in [0.3, 0.4) is 0 Å². The molecular formula is C16H23NO4. The fourth-order valence-electron chi connectivity index (χ4n) is 2.05. The van der Waals surface area contributed by atoms with Crippen molar-refractivity contribution < 1.29 is 19.4 Å². The van der Waals surface area contributed by atoms with Crippen LogP contribution in [0.2, 0.25) is 0 Å². The van der Waals surface area contributed by atoms with Gasteiger partial charge in [0, 0.05) is 13.0 Å². The Labute approximate surface area is 125 Å². The summed E-state index contributed by atoms with van der Waals surface area (Å²) < 4.78 is 4.86. The van der Waals surface area contributed by atoms with Crippen molar-refractivity contribution in [1.82, 2.24) is 5.32 Å². The van der Waals surface area contributed by atoms with Gasteiger partial charge in [0.05, 0.1) is 6.61 Å². The third kappa shape index (κ3) is 6.90. The van der Waals surface area contributed by atoms with Crippen molar-refractivity contribution in [3.63, 3.8) is 0 Å². The number of hydrogen-bond acceptors (Lipinski definition) is 3. The first-order valence-corrected chi connectivity index (χ1v) is 7.15. The molecular weight excluding hydrogens is 270 g/mol. The minimum Gasteiger partial charge on any atom is -0.480 e. The van der Waals surface area contributed by atoms with E-state index in [4.69, 9.17) is 9.84 Å². The molecule has 0 aliphatic heterocycles. The Morgan fingerprint density at radius 3 is 2.52 bits per heavy atom. The predicted octanol–water partition coefficient (Wildman–Crippen LogP) is 2.10. The molecule has 0 aliphatic rings. The van der Waals surface area contributed by atoms with E-state index in [0.29, 0.717) is 13.0 Å². The number of ether oxygens (including phenoxy) is 1. The number of rotatable bonds is 9. The minimum absolute atomic E-state index is 0.0404. The highest BCUT2D eigenvalue weighted by Crippen LogP contribution is 2.23. The second-order valence-electron chi connectivity index (χ2n) is 5.02. The number of aliphatic carboxylic acids is 1. The lowest BCUT2D eigenvalue weighted by molar-refractivity contribution is -0.142. The molecule has 0 aliphatic carbocycles. The van der Waals surface area contributed by atoms with E-state index in [1.54, 1.807) is 0 Å². The largest absolute Gasteiger partial charge is 0.480 e. The molecule has 0 radical (unpaired) electrons. The molecule has 0 bridgehead atoms. The van der Waals surface area contributed by atoms with Gasteiger partial charge in [-0.1, -0.05) is 36.8 Å². The number of carbonyl (C=O) groups is 2. The monoisotopic (exact) mass is 293 g/mol. The van der Waals surface area contributed by atoms with Crippen LogP contribution in [0.1, 0.15) is 36.8 Å². The van der Waals surface area contributed by atoms with E-state index >= 15 is 0 Å². The van der Waals surface area contributed by atoms with Gasteiger partial charge in [-0.15, -0.1) is 0 Å². The van der Waals surface area contributed by atoms with Crippen molar-refractivity contribution in [3.05, 3.63) is 35.4 Å². The average Bonchev–Trinajstić information content (AvgIpc) is 2.45. The Morgan fingerprint density at radius 2 is 1.95 bits per heavy atom. The number of aryl methyl sites for hydroxylation is 1. The zero-order valence-electron chi connectivity index (χ0n) is 12.6. The van der Waals surface area contributed by atoms with Gasteiger partial charge in [0.2, 0.25) is 5.91 Å². The summed E-state index contributed by atoms with van der Waals surface area (Å²) in [5.41, 5.74) is 2.37. The summed E-state index contributed by atoms with van der Waals surface area (Å²) in [5.74, 6) is -0.848. The fraction of sp³-hybridized carbons (Fsp3) is 0.500. The van der Waals surface area contributed by atoms with E-state index in [1.807, 2.05) is 6.92 Å². The third-order valence-corrected chi connectivity index (χ3v) is 3.27. The van der Waals surface area contributed by atoms with Crippen molar-refractivity contribution in [3.8, 4) is 0 Å². The highest BCUT2D eigenvalue weighted by molar-refractivity contribution is 5.76. The fourth-order valence-corrected chi connectivity index (χ4v) is 2.05. The predicted molar refractivity (Wildman–Crippen MR) is 80.3 cm³/mol. The lowest BCUT2D eigenvalue weighted by Crippen LogP contribution is -2.29. The van der Waals surface area contributed by atoms with Crippen LogP contribution in [0.4, 0.5) is 0 Å². The topological polar surface area (TPSA) is 75.6 Å². The van der Waals surface area contributed by atoms with Crippen LogP contribution in [-0.2, 0) is 14.3 Å². The van der Waals surface area contributed by atoms with E-state index in [9.17, 15) is 9.59 Å². The maximum atomic E-state index is 11.9. The van der Waals surface area contributed by atoms with E-state index in [1.165, 1.54) is 11.1 Å². The van der Waals surface area contributed by atoms with Gasteiger partial charge >= 0.3 is 5.97 Å². The lowest BCUT2D eigenvalue weighted by atomic mass is 9.92. The summed E-state index contributed by atoms with van der Waals surface area (Å²) in [6, 6.07) is 8.23. The van der Waals surface area contributed by atoms with E-state index in [0.717, 1.165) is 6.42 Å². The second-order valence-corrected chi connectivity index (χ2v) is 5.02. The molecule has 1 atom stereocenters. The Kier molecular flexibility index (Phi) is 7.46. The highest BCUT2D eigenvalue weighted by atomic mass is 16.5. The quantitative estimate of drug-likeness (QED) is 0.684. The first kappa shape index (κ1) is 17.2. The number of carboxylic acid groups (broad SMARTS) is 1. The number of amides is 1. The van der Waals surface area contributed by atoms with Gasteiger partial charge in [-0.05, 0) is 24.8 Å². The summed E-state index contributed by atoms with van der Waals surface area (Å²) in [7, 11) is 0. The molecule has 0 aromatic heterocycles. The van der Waals surface area contributed by atoms with Gasteiger partial charge in [0.1, 0.15) is 6.61 Å². The molecule has 0 saturated carbocycles. The molecule has 5 nitrogen and oxygen atoms in total. The van der Waals surface area contributed by atoms with Crippen molar-refractivity contribution >= 4 is 11.9 Å². The maximum Gasteiger partial charge on any atom is 0.329 e. The van der Waals surface area contributed by atoms with Crippen LogP contribution >= 0.6 is 0 Å². The first-order chi connectivity index (χ1) is 10.0. The summed E-state index contributed by atoms with van der Waals surface area (Å²) >= 11 is 0. The number of benzene rings is 1. The van der Waals surface area contributed by atoms with Crippen LogP contribution < -0.4 is 5.32 Å². The molecule has 0 saturated heterocycles. The maximum absolute atomic E-state index is 11.9. The molecule has 0 fully saturated rings. The first-order valence-electron chi connectivity index (χ1n) is 7.15. The third-order valence-electron chi connectivity index (χ3n) is 3.27. The van der Waals surface area contributed by atoms with E-state index in [2.05, 4.69) is 36.5 Å². The van der Waals surface area contributed by atoms with Gasteiger partial charge in [0.15, 0.2) is 0 Å². The normalized spacial score (nSPS) is 11.9. The van der Waals surface area contributed by atoms with Crippen LogP contribution in [0, 0.1) is 6.92 Å². The van der Waals surface area contributed by atoms with Crippen LogP contribution in [0.25, 0.3) is 0 Å². The molecule has 1 aromatic carbocycles. The van der Waals surface area contributed by atoms with Gasteiger partial charge < -0.3 is 15.2 Å². The molecule has 1 aromatic rings. The number of hydrogen-bond donors (Lipinski definition) is 2. The molecule has 116 valence electrons. The SMILES string of the molecule is CCC(CC(=O)NCCOCC(=O)O)c1ccc(C)cc1. The smallest absolute Gasteiger partial charge is 0.329 e. The van der Waals surface area contributed by atoms with Crippen molar-refractivity contribution in [2.75, 3.05) is 19.8 Å². The Balaban J connectivity index is 2.34. The second kappa shape index (κ2) is 9.13. The molecule has 1 rings (SSSR count). The standard InChI is InChI=1S/C16H23NO4/c1-3-13(14-6-4-12(2)5-7-14)10-15(18)17-8-9-21-11-16(19)20/h4-7,13H,3,8-11H2,1-2H3,(H,17,18)(H,19,20). The Bertz CT molecular complexity index is 456. The van der Waals surface area contributed by atoms with Gasteiger partial charge in [-0.3, -0.25) is 4.79 Å². The Hall–Kier alpha value is -1.88. The van der Waals surface area contributed by atoms with Crippen LogP contribution in [0.5, 0.6) is 0 Å². The minimum atomic E-state index is -1.01. The molecule has 1 unspecified atom stereocenters. The highest BCUT2D eigenvalue weighted by Gasteiger charge is 2.13. The number of nitrogens with one attached hydrogen (secondary N) is 1. The zero-order chi connectivity index (χ0) is 15.7. The average molecular weight is 293 g/mol. The molecule has 1 amide bonds. The van der Waals surface area contributed by atoms with Crippen molar-refractivity contribution in [2.24, 2.45) is 0 Å². The molecule has 21 heavy (non-hydrogen) atoms. The van der Waals surface area contributed by atoms with Gasteiger partial charge in [-0.25, -0.2) is 4.79 Å². The van der Waals surface area contributed by atoms with E-state index < -0.39 is 5.97 Å². The summed E-state index contributed by atoms with van der Waals surface area (Å²) in [6.07, 6.45) is 1.32. The molecule has 5 heteroatoms. The molecule has 0 heterocycles. The van der Waals surface area contributed by atoms with Crippen LogP contribution in [-0.4, -0.2) is 36.7 Å². The number of carbonyl (C=O) groups excluding carboxylic acids is 1.